The number of unbranched alkanes of at least 4 members (excludes halogenated alkanes) is 6. The van der Waals surface area contributed by atoms with Crippen LogP contribution >= 0.6 is 53.7 Å². The summed E-state index contributed by atoms with van der Waals surface area (Å²) >= 11 is 13.3. The fourth-order valence-corrected chi connectivity index (χ4v) is 5.88. The van der Waals surface area contributed by atoms with Gasteiger partial charge in [-0.1, -0.05) is 37.8 Å². The molecule has 0 aliphatic heterocycles. The molecule has 0 aliphatic carbocycles. The SMILES string of the molecule is O=C=C(CCCC(NC(=O)NC(C(=O)O)C(=C=O)C(=C=O)C(=O)O)C(=O)O)NC(=O)CCCCCCC(=O)NCCCCCCN(Cc1ccccn1)Cc1ccccn1.[Br][Re]([Br])([Br])[Br]. The van der Waals surface area contributed by atoms with E-state index in [0.717, 1.165) is 75.0 Å². The zero-order chi connectivity index (χ0) is 48.6. The summed E-state index contributed by atoms with van der Waals surface area (Å²) in [4.78, 5) is 116. The Hall–Kier alpha value is -4.19. The Morgan fingerprint density at radius 3 is 1.69 bits per heavy atom. The molecule has 2 atom stereocenters. The maximum absolute atomic E-state index is 12.4. The number of hydrogen-bond acceptors (Lipinski definition) is 12. The Kier molecular flexibility index (Phi) is 30.9. The van der Waals surface area contributed by atoms with Crippen LogP contribution in [0.2, 0.25) is 0 Å². The van der Waals surface area contributed by atoms with Crippen molar-refractivity contribution < 1.29 is 65.9 Å². The third-order valence-electron chi connectivity index (χ3n) is 8.95. The number of carbonyl (C=O) groups is 6. The molecule has 2 heterocycles. The molecule has 0 aromatic carbocycles. The van der Waals surface area contributed by atoms with Crippen molar-refractivity contribution in [3.8, 4) is 0 Å². The molecule has 0 bridgehead atoms. The number of pyridine rings is 2. The predicted octanol–water partition coefficient (Wildman–Crippen LogP) is 5.68. The Morgan fingerprint density at radius 1 is 0.662 bits per heavy atom. The monoisotopic (exact) mass is 1340 g/mol. The Balaban J connectivity index is 0.00000399. The third kappa shape index (κ3) is 29.2. The van der Waals surface area contributed by atoms with Crippen LogP contribution in [0, 0.1) is 0 Å². The zero-order valence-electron chi connectivity index (χ0n) is 35.0. The van der Waals surface area contributed by atoms with Crippen molar-refractivity contribution in [3.05, 3.63) is 77.0 Å². The van der Waals surface area contributed by atoms with E-state index in [-0.39, 0.29) is 37.3 Å². The van der Waals surface area contributed by atoms with E-state index < -0.39 is 60.5 Å². The topological polar surface area (TPSA) is 291 Å². The summed E-state index contributed by atoms with van der Waals surface area (Å²) in [5, 5.41) is 36.8. The average Bonchev–Trinajstić information content (AvgIpc) is 3.24. The van der Waals surface area contributed by atoms with E-state index >= 15 is 0 Å². The van der Waals surface area contributed by atoms with Crippen molar-refractivity contribution in [1.29, 1.82) is 0 Å². The standard InChI is InChI=1S/C41H51N7O12.4BrH.Re/c49-26-31(16-13-17-34(39(56)57)46-41(60)47-37(40(58)59)32(27-50)33(28-51)38(54)55)45-36(53)19-6-2-1-5-18-35(52)44-22-9-3-4-12-23-48(24-29-14-7-10-20-42-29)25-30-15-8-11-21-43-30;;;;;/h7-8,10-11,14-15,20-21,34,37H,1-6,9,12-13,16-19,22-25H2,(H,44,52)(H,45,53)(H,54,55)(H,56,57)(H,58,59)(H2,46,47,60);4*1H;/q;;;;;+4/p-4. The number of allylic oxidation sites excluding steroid dienone is 1. The number of hydrogen-bond donors (Lipinski definition) is 7. The predicted molar refractivity (Wildman–Crippen MR) is 249 cm³/mol. The molecule has 4 amide bonds. The molecular formula is C41H51Br4N7O12Re. The Labute approximate surface area is 405 Å². The average molecular weight is 1340 g/mol. The first kappa shape index (κ1) is 58.8. The molecule has 2 aromatic rings. The molecule has 0 spiro atoms. The van der Waals surface area contributed by atoms with E-state index in [2.05, 4.69) is 79.2 Å². The molecule has 2 unspecified atom stereocenters. The molecule has 0 radical (unpaired) electrons. The number of amides is 4. The van der Waals surface area contributed by atoms with Gasteiger partial charge in [0.2, 0.25) is 11.8 Å². The number of carbonyl (C=O) groups excluding carboxylic acids is 6. The number of nitrogens with one attached hydrogen (secondary N) is 4. The van der Waals surface area contributed by atoms with E-state index in [1.54, 1.807) is 23.7 Å². The molecule has 0 saturated carbocycles. The molecule has 357 valence electrons. The molecule has 65 heavy (non-hydrogen) atoms. The Morgan fingerprint density at radius 2 is 1.22 bits per heavy atom. The minimum absolute atomic E-state index is 0.0265. The van der Waals surface area contributed by atoms with Crippen LogP contribution in [0.4, 0.5) is 4.79 Å². The van der Waals surface area contributed by atoms with Gasteiger partial charge in [-0.25, -0.2) is 33.6 Å². The number of halogens is 4. The molecule has 0 saturated heterocycles. The van der Waals surface area contributed by atoms with Gasteiger partial charge in [-0.3, -0.25) is 24.5 Å². The molecular weight excluding hydrogens is 1290 g/mol. The van der Waals surface area contributed by atoms with Crippen LogP contribution in [-0.4, -0.2) is 109 Å². The van der Waals surface area contributed by atoms with Crippen LogP contribution in [0.25, 0.3) is 0 Å². The summed E-state index contributed by atoms with van der Waals surface area (Å²) in [6.07, 6.45) is 10.0. The van der Waals surface area contributed by atoms with Crippen molar-refractivity contribution in [3.63, 3.8) is 0 Å². The quantitative estimate of drug-likeness (QED) is 0.0214. The van der Waals surface area contributed by atoms with Crippen molar-refractivity contribution in [1.82, 2.24) is 36.1 Å². The maximum atomic E-state index is 12.4. The number of aromatic nitrogens is 2. The number of urea groups is 1. The fourth-order valence-electron chi connectivity index (χ4n) is 5.88. The summed E-state index contributed by atoms with van der Waals surface area (Å²) in [7, 11) is -1.86. The van der Waals surface area contributed by atoms with Gasteiger partial charge in [0.1, 0.15) is 29.6 Å². The number of aliphatic carboxylic acids is 3. The van der Waals surface area contributed by atoms with Crippen LogP contribution in [0.15, 0.2) is 65.6 Å². The van der Waals surface area contributed by atoms with Gasteiger partial charge in [0.15, 0.2) is 11.6 Å². The molecule has 2 rings (SSSR count). The summed E-state index contributed by atoms with van der Waals surface area (Å²) < 4.78 is 0. The number of carboxylic acid groups (broad SMARTS) is 3. The van der Waals surface area contributed by atoms with Crippen molar-refractivity contribution in [2.75, 3.05) is 13.1 Å². The van der Waals surface area contributed by atoms with Crippen molar-refractivity contribution in [2.24, 2.45) is 0 Å². The first-order valence-corrected chi connectivity index (χ1v) is 43.8. The zero-order valence-corrected chi connectivity index (χ0v) is 44.1. The van der Waals surface area contributed by atoms with Gasteiger partial charge in [0.05, 0.1) is 17.0 Å². The van der Waals surface area contributed by atoms with Gasteiger partial charge >= 0.3 is 85.1 Å². The first-order valence-electron chi connectivity index (χ1n) is 20.0. The summed E-state index contributed by atoms with van der Waals surface area (Å²) in [6, 6.07) is 6.35. The van der Waals surface area contributed by atoms with Crippen molar-refractivity contribution >= 4 is 107 Å². The van der Waals surface area contributed by atoms with Gasteiger partial charge < -0.3 is 36.6 Å². The van der Waals surface area contributed by atoms with Crippen LogP contribution in [0.1, 0.15) is 94.9 Å². The van der Waals surface area contributed by atoms with E-state index in [9.17, 15) is 53.4 Å². The van der Waals surface area contributed by atoms with E-state index in [4.69, 9.17) is 5.11 Å². The van der Waals surface area contributed by atoms with Crippen LogP contribution < -0.4 is 21.3 Å². The minimum atomic E-state index is -2.38. The molecule has 2 aromatic heterocycles. The first-order chi connectivity index (χ1) is 30.9. The van der Waals surface area contributed by atoms with Gasteiger partial charge in [-0.15, -0.1) is 0 Å². The van der Waals surface area contributed by atoms with Crippen molar-refractivity contribution in [2.45, 2.75) is 109 Å². The molecule has 0 aliphatic rings. The van der Waals surface area contributed by atoms with E-state index in [0.29, 0.717) is 32.2 Å². The third-order valence-corrected chi connectivity index (χ3v) is 8.95. The molecule has 24 heteroatoms. The number of nitrogens with zero attached hydrogens (tertiary/aromatic N) is 3. The normalized spacial score (nSPS) is 11.7. The second-order valence-corrected chi connectivity index (χ2v) is 85.2. The molecule has 19 nitrogen and oxygen atoms in total. The second-order valence-electron chi connectivity index (χ2n) is 14.0. The molecule has 7 N–H and O–H groups in total. The molecule has 0 fully saturated rings. The van der Waals surface area contributed by atoms with Crippen LogP contribution in [-0.2, 0) is 58.9 Å². The van der Waals surface area contributed by atoms with Crippen LogP contribution in [0.3, 0.4) is 0 Å². The summed E-state index contributed by atoms with van der Waals surface area (Å²) in [6.45, 7) is 2.99. The fraction of sp³-hybridized carbons (Fsp3) is 0.463. The van der Waals surface area contributed by atoms with Crippen LogP contribution in [0.5, 0.6) is 0 Å². The van der Waals surface area contributed by atoms with Gasteiger partial charge in [0.25, 0.3) is 0 Å². The number of rotatable bonds is 30. The summed E-state index contributed by atoms with van der Waals surface area (Å²) in [5.74, 6) is -2.57. The number of carboxylic acids is 3. The summed E-state index contributed by atoms with van der Waals surface area (Å²) in [5.41, 5.74) is -0.785. The van der Waals surface area contributed by atoms with E-state index in [1.165, 1.54) is 0 Å². The second kappa shape index (κ2) is 34.2. The Bertz CT molecular complexity index is 1970. The van der Waals surface area contributed by atoms with Gasteiger partial charge in [-0.05, 0) is 75.8 Å². The van der Waals surface area contributed by atoms with Gasteiger partial charge in [-0.2, -0.15) is 0 Å². The van der Waals surface area contributed by atoms with E-state index in [1.807, 2.05) is 41.7 Å². The van der Waals surface area contributed by atoms with Gasteiger partial charge in [0, 0.05) is 44.9 Å².